The Morgan fingerprint density at radius 1 is 1.32 bits per heavy atom. The second-order valence-electron chi connectivity index (χ2n) is 5.53. The Morgan fingerprint density at radius 3 is 2.64 bits per heavy atom. The summed E-state index contributed by atoms with van der Waals surface area (Å²) >= 11 is 0. The lowest BCUT2D eigenvalue weighted by Crippen LogP contribution is -2.51. The van der Waals surface area contributed by atoms with Crippen LogP contribution >= 0.6 is 0 Å². The molecule has 1 aliphatic heterocycles. The van der Waals surface area contributed by atoms with E-state index in [1.807, 2.05) is 0 Å². The van der Waals surface area contributed by atoms with Gasteiger partial charge in [-0.1, -0.05) is 30.3 Å². The van der Waals surface area contributed by atoms with Crippen molar-refractivity contribution in [3.8, 4) is 0 Å². The number of rotatable bonds is 4. The Balaban J connectivity index is 2.10. The quantitative estimate of drug-likeness (QED) is 0.608. The number of carbonyl (C=O) groups is 1. The lowest BCUT2D eigenvalue weighted by atomic mass is 10.1. The van der Waals surface area contributed by atoms with Gasteiger partial charge in [0, 0.05) is 13.6 Å². The van der Waals surface area contributed by atoms with E-state index in [4.69, 9.17) is 0 Å². The maximum Gasteiger partial charge on any atom is 0.327 e. The monoisotopic (exact) mass is 365 g/mol. The van der Waals surface area contributed by atoms with Gasteiger partial charge in [-0.2, -0.15) is 9.40 Å². The highest BCUT2D eigenvalue weighted by molar-refractivity contribution is 7.89. The highest BCUT2D eigenvalue weighted by atomic mass is 32.2. The molecule has 1 N–H and O–H groups in total. The average Bonchev–Trinajstić information content (AvgIpc) is 2.99. The number of hydrogen-bond donors (Lipinski definition) is 1. The number of nitro groups is 1. The zero-order valence-electron chi connectivity index (χ0n) is 13.2. The fraction of sp³-hybridized carbons (Fsp3) is 0.286. The van der Waals surface area contributed by atoms with Crippen molar-refractivity contribution in [3.63, 3.8) is 0 Å². The van der Waals surface area contributed by atoms with E-state index in [2.05, 4.69) is 10.4 Å². The number of benzene rings is 1. The summed E-state index contributed by atoms with van der Waals surface area (Å²) in [6.45, 7) is -0.363. The van der Waals surface area contributed by atoms with Crippen LogP contribution in [0.3, 0.4) is 0 Å². The topological polar surface area (TPSA) is 127 Å². The molecule has 1 atom stereocenters. The molecule has 1 unspecified atom stereocenters. The number of sulfonamides is 1. The molecule has 10 nitrogen and oxygen atoms in total. The summed E-state index contributed by atoms with van der Waals surface area (Å²) in [6, 6.07) is 8.08. The molecule has 25 heavy (non-hydrogen) atoms. The molecule has 2 aromatic rings. The van der Waals surface area contributed by atoms with Crippen LogP contribution in [0.15, 0.2) is 41.6 Å². The normalized spacial score (nSPS) is 18.8. The first-order chi connectivity index (χ1) is 11.8. The predicted molar refractivity (Wildman–Crippen MR) is 85.9 cm³/mol. The van der Waals surface area contributed by atoms with Gasteiger partial charge in [0.25, 0.3) is 15.0 Å². The van der Waals surface area contributed by atoms with Gasteiger partial charge < -0.3 is 5.32 Å². The van der Waals surface area contributed by atoms with E-state index < -0.39 is 44.2 Å². The van der Waals surface area contributed by atoms with Crippen LogP contribution in [0.5, 0.6) is 0 Å². The number of nitrogens with zero attached hydrogens (tertiary/aromatic N) is 4. The summed E-state index contributed by atoms with van der Waals surface area (Å²) in [7, 11) is -2.96. The van der Waals surface area contributed by atoms with E-state index in [9.17, 15) is 23.3 Å². The summed E-state index contributed by atoms with van der Waals surface area (Å²) in [5.41, 5.74) is 0.0463. The van der Waals surface area contributed by atoms with Crippen molar-refractivity contribution < 1.29 is 18.1 Å². The minimum atomic E-state index is -4.35. The van der Waals surface area contributed by atoms with Gasteiger partial charge in [0.1, 0.15) is 6.20 Å². The van der Waals surface area contributed by atoms with Crippen molar-refractivity contribution in [3.05, 3.63) is 52.2 Å². The van der Waals surface area contributed by atoms with Gasteiger partial charge >= 0.3 is 5.69 Å². The first-order valence-corrected chi connectivity index (χ1v) is 8.76. The fourth-order valence-corrected chi connectivity index (χ4v) is 4.37. The fourth-order valence-electron chi connectivity index (χ4n) is 2.71. The Kier molecular flexibility index (Phi) is 4.27. The number of aryl methyl sites for hydroxylation is 1. The van der Waals surface area contributed by atoms with Crippen molar-refractivity contribution in [1.29, 1.82) is 0 Å². The molecule has 1 aromatic carbocycles. The number of amides is 1. The molecule has 1 saturated heterocycles. The van der Waals surface area contributed by atoms with Crippen LogP contribution in [0, 0.1) is 10.1 Å². The van der Waals surface area contributed by atoms with E-state index in [0.717, 1.165) is 15.2 Å². The highest BCUT2D eigenvalue weighted by Crippen LogP contribution is 2.32. The molecular weight excluding hydrogens is 350 g/mol. The zero-order valence-corrected chi connectivity index (χ0v) is 14.0. The van der Waals surface area contributed by atoms with Gasteiger partial charge in [-0.3, -0.25) is 19.6 Å². The third-order valence-corrected chi connectivity index (χ3v) is 5.63. The smallest absolute Gasteiger partial charge is 0.327 e. The van der Waals surface area contributed by atoms with Gasteiger partial charge in [-0.05, 0) is 5.56 Å². The zero-order chi connectivity index (χ0) is 18.2. The Labute approximate surface area is 143 Å². The second-order valence-corrected chi connectivity index (χ2v) is 7.34. The summed E-state index contributed by atoms with van der Waals surface area (Å²) < 4.78 is 28.1. The molecule has 1 aliphatic rings. The van der Waals surface area contributed by atoms with Crippen molar-refractivity contribution in [2.75, 3.05) is 13.1 Å². The minimum absolute atomic E-state index is 0.0721. The van der Waals surface area contributed by atoms with Crippen molar-refractivity contribution in [2.24, 2.45) is 7.05 Å². The number of nitrogens with one attached hydrogen (secondary N) is 1. The molecule has 1 aromatic heterocycles. The van der Waals surface area contributed by atoms with E-state index >= 15 is 0 Å². The van der Waals surface area contributed by atoms with Gasteiger partial charge in [-0.15, -0.1) is 0 Å². The molecule has 11 heteroatoms. The first kappa shape index (κ1) is 17.0. The van der Waals surface area contributed by atoms with Gasteiger partial charge in [-0.25, -0.2) is 8.42 Å². The molecule has 2 heterocycles. The summed E-state index contributed by atoms with van der Waals surface area (Å²) in [4.78, 5) is 22.1. The Hall–Kier alpha value is -2.79. The molecule has 1 amide bonds. The summed E-state index contributed by atoms with van der Waals surface area (Å²) in [5, 5.41) is 16.9. The number of carbonyl (C=O) groups excluding carboxylic acids is 1. The van der Waals surface area contributed by atoms with Crippen LogP contribution in [0.4, 0.5) is 5.69 Å². The molecule has 0 aliphatic carbocycles. The largest absolute Gasteiger partial charge is 0.353 e. The average molecular weight is 365 g/mol. The summed E-state index contributed by atoms with van der Waals surface area (Å²) in [5.74, 6) is -0.477. The summed E-state index contributed by atoms with van der Waals surface area (Å²) in [6.07, 6.45) is 1.02. The number of hydrogen-bond acceptors (Lipinski definition) is 6. The molecule has 1 fully saturated rings. The Morgan fingerprint density at radius 2 is 2.00 bits per heavy atom. The maximum atomic E-state index is 13.0. The molecule has 3 rings (SSSR count). The molecule has 0 spiro atoms. The van der Waals surface area contributed by atoms with Gasteiger partial charge in [0.05, 0.1) is 17.5 Å². The van der Waals surface area contributed by atoms with E-state index in [1.54, 1.807) is 30.3 Å². The molecule has 0 saturated carbocycles. The predicted octanol–water partition coefficient (Wildman–Crippen LogP) is 0.190. The Bertz CT molecular complexity index is 924. The minimum Gasteiger partial charge on any atom is -0.353 e. The lowest BCUT2D eigenvalue weighted by molar-refractivity contribution is -0.388. The van der Waals surface area contributed by atoms with E-state index in [-0.39, 0.29) is 6.54 Å². The first-order valence-electron chi connectivity index (χ1n) is 7.32. The van der Waals surface area contributed by atoms with Crippen LogP contribution in [-0.4, -0.2) is 46.4 Å². The van der Waals surface area contributed by atoms with Gasteiger partial charge in [0.15, 0.2) is 0 Å². The lowest BCUT2D eigenvalue weighted by Gasteiger charge is -2.34. The third kappa shape index (κ3) is 3.10. The van der Waals surface area contributed by atoms with Crippen LogP contribution in [0.1, 0.15) is 11.6 Å². The molecular formula is C14H15N5O5S. The molecule has 0 bridgehead atoms. The van der Waals surface area contributed by atoms with Crippen molar-refractivity contribution in [2.45, 2.75) is 11.1 Å². The standard InChI is InChI=1S/C14H15N5O5S/c1-17-8-12(19(21)22)14(16-17)25(23,24)18-9-13(20)15-7-11(18)10-5-3-2-4-6-10/h2-6,8,11H,7,9H2,1H3,(H,15,20). The third-order valence-electron chi connectivity index (χ3n) is 3.85. The molecule has 0 radical (unpaired) electrons. The number of piperazine rings is 1. The van der Waals surface area contributed by atoms with Crippen LogP contribution in [-0.2, 0) is 21.9 Å². The van der Waals surface area contributed by atoms with Crippen LogP contribution < -0.4 is 5.32 Å². The number of aromatic nitrogens is 2. The van der Waals surface area contributed by atoms with Crippen molar-refractivity contribution >= 4 is 21.6 Å². The SMILES string of the molecule is Cn1cc([N+](=O)[O-])c(S(=O)(=O)N2CC(=O)NCC2c2ccccc2)n1. The molecule has 132 valence electrons. The van der Waals surface area contributed by atoms with Crippen LogP contribution in [0.2, 0.25) is 0 Å². The van der Waals surface area contributed by atoms with Crippen LogP contribution in [0.25, 0.3) is 0 Å². The highest BCUT2D eigenvalue weighted by Gasteiger charge is 2.42. The second kappa shape index (κ2) is 6.26. The van der Waals surface area contributed by atoms with Gasteiger partial charge in [0.2, 0.25) is 5.91 Å². The van der Waals surface area contributed by atoms with Crippen molar-refractivity contribution in [1.82, 2.24) is 19.4 Å². The van der Waals surface area contributed by atoms with E-state index in [1.165, 1.54) is 7.05 Å². The van der Waals surface area contributed by atoms with E-state index in [0.29, 0.717) is 5.56 Å². The maximum absolute atomic E-state index is 13.0.